The maximum absolute atomic E-state index is 11.4. The SMILES string of the molecule is O=S1(=O)CNCc2ccccc21. The maximum atomic E-state index is 11.4. The molecule has 1 aromatic rings. The van der Waals surface area contributed by atoms with Gasteiger partial charge in [-0.25, -0.2) is 8.42 Å². The molecule has 1 heterocycles. The molecule has 1 N–H and O–H groups in total. The van der Waals surface area contributed by atoms with E-state index < -0.39 is 9.84 Å². The van der Waals surface area contributed by atoms with E-state index in [0.717, 1.165) is 5.56 Å². The molecule has 1 aliphatic heterocycles. The molecule has 64 valence electrons. The van der Waals surface area contributed by atoms with E-state index in [0.29, 0.717) is 11.4 Å². The average molecular weight is 183 g/mol. The fourth-order valence-corrected chi connectivity index (χ4v) is 2.70. The Balaban J connectivity index is 2.67. The van der Waals surface area contributed by atoms with Crippen LogP contribution in [0.1, 0.15) is 5.56 Å². The van der Waals surface area contributed by atoms with Crippen LogP contribution in [0.25, 0.3) is 0 Å². The highest BCUT2D eigenvalue weighted by atomic mass is 32.2. The molecule has 0 spiro atoms. The van der Waals surface area contributed by atoms with E-state index in [-0.39, 0.29) is 5.88 Å². The molecular weight excluding hydrogens is 174 g/mol. The second-order valence-corrected chi connectivity index (χ2v) is 4.75. The van der Waals surface area contributed by atoms with Gasteiger partial charge in [-0.3, -0.25) is 5.32 Å². The van der Waals surface area contributed by atoms with Crippen molar-refractivity contribution in [3.8, 4) is 0 Å². The highest BCUT2D eigenvalue weighted by Crippen LogP contribution is 2.19. The lowest BCUT2D eigenvalue weighted by atomic mass is 10.2. The molecule has 0 radical (unpaired) electrons. The first kappa shape index (κ1) is 7.76. The van der Waals surface area contributed by atoms with E-state index in [1.54, 1.807) is 12.1 Å². The van der Waals surface area contributed by atoms with Gasteiger partial charge in [0.15, 0.2) is 9.84 Å². The Morgan fingerprint density at radius 1 is 1.25 bits per heavy atom. The summed E-state index contributed by atoms with van der Waals surface area (Å²) in [5.74, 6) is 0.0595. The van der Waals surface area contributed by atoms with Gasteiger partial charge in [0, 0.05) is 6.54 Å². The molecule has 3 nitrogen and oxygen atoms in total. The number of benzene rings is 1. The summed E-state index contributed by atoms with van der Waals surface area (Å²) in [6, 6.07) is 7.09. The smallest absolute Gasteiger partial charge is 0.191 e. The number of sulfone groups is 1. The highest BCUT2D eigenvalue weighted by molar-refractivity contribution is 7.91. The van der Waals surface area contributed by atoms with Gasteiger partial charge in [0.05, 0.1) is 4.90 Å². The molecular formula is C8H9NO2S. The van der Waals surface area contributed by atoms with Gasteiger partial charge in [0.25, 0.3) is 0 Å². The second-order valence-electron chi connectivity index (χ2n) is 2.79. The molecule has 0 saturated carbocycles. The predicted molar refractivity (Wildman–Crippen MR) is 45.3 cm³/mol. The summed E-state index contributed by atoms with van der Waals surface area (Å²) in [6.07, 6.45) is 0. The normalized spacial score (nSPS) is 20.0. The predicted octanol–water partition coefficient (Wildman–Crippen LogP) is 0.521. The van der Waals surface area contributed by atoms with Crippen LogP contribution in [0.2, 0.25) is 0 Å². The molecule has 12 heavy (non-hydrogen) atoms. The summed E-state index contributed by atoms with van der Waals surface area (Å²) in [6.45, 7) is 0.648. The standard InChI is InChI=1S/C8H9NO2S/c10-12(11)6-9-5-7-3-1-2-4-8(7)12/h1-4,9H,5-6H2. The summed E-state index contributed by atoms with van der Waals surface area (Å²) in [5.41, 5.74) is 0.865. The van der Waals surface area contributed by atoms with Gasteiger partial charge in [-0.05, 0) is 11.6 Å². The van der Waals surface area contributed by atoms with Crippen molar-refractivity contribution in [3.63, 3.8) is 0 Å². The molecule has 0 atom stereocenters. The third-order valence-electron chi connectivity index (χ3n) is 1.92. The summed E-state index contributed by atoms with van der Waals surface area (Å²) < 4.78 is 22.8. The van der Waals surface area contributed by atoms with Gasteiger partial charge in [-0.15, -0.1) is 0 Å². The molecule has 1 aliphatic rings. The third kappa shape index (κ3) is 1.13. The van der Waals surface area contributed by atoms with Crippen molar-refractivity contribution in [2.24, 2.45) is 0 Å². The van der Waals surface area contributed by atoms with Gasteiger partial charge >= 0.3 is 0 Å². The minimum Gasteiger partial charge on any atom is -0.299 e. The van der Waals surface area contributed by atoms with Gasteiger partial charge < -0.3 is 0 Å². The average Bonchev–Trinajstić information content (AvgIpc) is 2.04. The first-order valence-electron chi connectivity index (χ1n) is 3.71. The number of nitrogens with one attached hydrogen (secondary N) is 1. The van der Waals surface area contributed by atoms with Crippen LogP contribution in [-0.4, -0.2) is 14.3 Å². The van der Waals surface area contributed by atoms with Crippen molar-refractivity contribution in [1.82, 2.24) is 5.32 Å². The summed E-state index contributed by atoms with van der Waals surface area (Å²) in [5, 5.41) is 2.84. The van der Waals surface area contributed by atoms with Crippen molar-refractivity contribution in [2.45, 2.75) is 11.4 Å². The van der Waals surface area contributed by atoms with E-state index in [4.69, 9.17) is 0 Å². The zero-order chi connectivity index (χ0) is 8.60. The molecule has 0 amide bonds. The maximum Gasteiger partial charge on any atom is 0.191 e. The van der Waals surface area contributed by atoms with E-state index in [9.17, 15) is 8.42 Å². The van der Waals surface area contributed by atoms with Crippen molar-refractivity contribution in [1.29, 1.82) is 0 Å². The van der Waals surface area contributed by atoms with Crippen LogP contribution < -0.4 is 5.32 Å². The minimum atomic E-state index is -3.05. The molecule has 1 aromatic carbocycles. The first-order chi connectivity index (χ1) is 5.70. The molecule has 0 unspecified atom stereocenters. The number of hydrogen-bond acceptors (Lipinski definition) is 3. The van der Waals surface area contributed by atoms with Crippen LogP contribution in [0, 0.1) is 0 Å². The topological polar surface area (TPSA) is 46.2 Å². The number of hydrogen-bond donors (Lipinski definition) is 1. The second kappa shape index (κ2) is 2.57. The van der Waals surface area contributed by atoms with Crippen LogP contribution in [0.5, 0.6) is 0 Å². The van der Waals surface area contributed by atoms with Crippen molar-refractivity contribution < 1.29 is 8.42 Å². The van der Waals surface area contributed by atoms with Gasteiger partial charge in [0.2, 0.25) is 0 Å². The van der Waals surface area contributed by atoms with Gasteiger partial charge in [-0.1, -0.05) is 18.2 Å². The van der Waals surface area contributed by atoms with Crippen LogP contribution >= 0.6 is 0 Å². The Hall–Kier alpha value is -0.870. The number of fused-ring (bicyclic) bond motifs is 1. The molecule has 0 saturated heterocycles. The van der Waals surface area contributed by atoms with Crippen molar-refractivity contribution in [2.75, 3.05) is 5.88 Å². The Bertz CT molecular complexity index is 397. The Labute approximate surface area is 71.3 Å². The minimum absolute atomic E-state index is 0.0595. The molecule has 0 aromatic heterocycles. The Morgan fingerprint density at radius 2 is 2.00 bits per heavy atom. The fraction of sp³-hybridized carbons (Fsp3) is 0.250. The lowest BCUT2D eigenvalue weighted by Gasteiger charge is -2.16. The third-order valence-corrected chi connectivity index (χ3v) is 3.57. The Kier molecular flexibility index (Phi) is 1.66. The zero-order valence-corrected chi connectivity index (χ0v) is 7.26. The van der Waals surface area contributed by atoms with Crippen LogP contribution in [-0.2, 0) is 16.4 Å². The number of rotatable bonds is 0. The van der Waals surface area contributed by atoms with Crippen LogP contribution in [0.3, 0.4) is 0 Å². The Morgan fingerprint density at radius 3 is 2.75 bits per heavy atom. The molecule has 0 fully saturated rings. The lowest BCUT2D eigenvalue weighted by Crippen LogP contribution is -2.29. The van der Waals surface area contributed by atoms with Crippen LogP contribution in [0.15, 0.2) is 29.2 Å². The fourth-order valence-electron chi connectivity index (χ4n) is 1.35. The largest absolute Gasteiger partial charge is 0.299 e. The monoisotopic (exact) mass is 183 g/mol. The summed E-state index contributed by atoms with van der Waals surface area (Å²) in [4.78, 5) is 0.476. The lowest BCUT2D eigenvalue weighted by molar-refractivity contribution is 0.576. The summed E-state index contributed by atoms with van der Waals surface area (Å²) in [7, 11) is -3.05. The van der Waals surface area contributed by atoms with E-state index in [1.165, 1.54) is 0 Å². The van der Waals surface area contributed by atoms with Gasteiger partial charge in [-0.2, -0.15) is 0 Å². The van der Waals surface area contributed by atoms with Crippen molar-refractivity contribution >= 4 is 9.84 Å². The molecule has 4 heteroatoms. The zero-order valence-electron chi connectivity index (χ0n) is 6.45. The van der Waals surface area contributed by atoms with E-state index in [2.05, 4.69) is 5.32 Å². The summed E-state index contributed by atoms with van der Waals surface area (Å²) >= 11 is 0. The van der Waals surface area contributed by atoms with Crippen molar-refractivity contribution in [3.05, 3.63) is 29.8 Å². The molecule has 2 rings (SSSR count). The first-order valence-corrected chi connectivity index (χ1v) is 5.37. The van der Waals surface area contributed by atoms with Crippen LogP contribution in [0.4, 0.5) is 0 Å². The van der Waals surface area contributed by atoms with E-state index >= 15 is 0 Å². The highest BCUT2D eigenvalue weighted by Gasteiger charge is 2.21. The molecule has 0 bridgehead atoms. The van der Waals surface area contributed by atoms with Gasteiger partial charge in [0.1, 0.15) is 5.88 Å². The van der Waals surface area contributed by atoms with E-state index in [1.807, 2.05) is 12.1 Å². The molecule has 0 aliphatic carbocycles. The quantitative estimate of drug-likeness (QED) is 0.638.